The predicted molar refractivity (Wildman–Crippen MR) is 105 cm³/mol. The van der Waals surface area contributed by atoms with E-state index in [1.54, 1.807) is 45.0 Å². The SMILES string of the molecule is COC(=O)[C@H](CC(=O)OC(C)(C)C)NC(=O)[C@H](CO)NC(=O)OCc1ccccc1. The number of alkyl carbamates (subject to hydrolysis) is 1. The molecule has 10 heteroatoms. The maximum absolute atomic E-state index is 12.4. The van der Waals surface area contributed by atoms with Crippen LogP contribution in [-0.2, 0) is 35.2 Å². The number of esters is 2. The van der Waals surface area contributed by atoms with E-state index in [-0.39, 0.29) is 6.61 Å². The lowest BCUT2D eigenvalue weighted by Gasteiger charge is -2.23. The van der Waals surface area contributed by atoms with Crippen molar-refractivity contribution in [1.29, 1.82) is 0 Å². The molecule has 166 valence electrons. The van der Waals surface area contributed by atoms with E-state index in [1.807, 2.05) is 6.07 Å². The molecule has 0 unspecified atom stereocenters. The Bertz CT molecular complexity index is 730. The molecule has 0 bridgehead atoms. The molecule has 0 aliphatic heterocycles. The van der Waals surface area contributed by atoms with E-state index in [0.717, 1.165) is 12.7 Å². The van der Waals surface area contributed by atoms with Gasteiger partial charge in [-0.05, 0) is 26.3 Å². The first kappa shape index (κ1) is 24.9. The highest BCUT2D eigenvalue weighted by Gasteiger charge is 2.30. The average molecular weight is 424 g/mol. The van der Waals surface area contributed by atoms with Gasteiger partial charge in [-0.25, -0.2) is 9.59 Å². The number of amides is 2. The van der Waals surface area contributed by atoms with Crippen LogP contribution in [0.25, 0.3) is 0 Å². The van der Waals surface area contributed by atoms with Gasteiger partial charge in [-0.3, -0.25) is 9.59 Å². The summed E-state index contributed by atoms with van der Waals surface area (Å²) in [7, 11) is 1.10. The third-order valence-corrected chi connectivity index (χ3v) is 3.60. The van der Waals surface area contributed by atoms with E-state index in [9.17, 15) is 24.3 Å². The van der Waals surface area contributed by atoms with Crippen molar-refractivity contribution >= 4 is 23.9 Å². The van der Waals surface area contributed by atoms with Crippen LogP contribution >= 0.6 is 0 Å². The number of hydrogen-bond acceptors (Lipinski definition) is 8. The summed E-state index contributed by atoms with van der Waals surface area (Å²) in [5.41, 5.74) is -0.0415. The second-order valence-corrected chi connectivity index (χ2v) is 7.32. The molecular weight excluding hydrogens is 396 g/mol. The van der Waals surface area contributed by atoms with Gasteiger partial charge in [-0.15, -0.1) is 0 Å². The number of benzene rings is 1. The zero-order valence-corrected chi connectivity index (χ0v) is 17.5. The van der Waals surface area contributed by atoms with E-state index in [0.29, 0.717) is 0 Å². The van der Waals surface area contributed by atoms with Crippen molar-refractivity contribution in [2.75, 3.05) is 13.7 Å². The Balaban J connectivity index is 2.66. The van der Waals surface area contributed by atoms with Crippen molar-refractivity contribution in [3.8, 4) is 0 Å². The quantitative estimate of drug-likeness (QED) is 0.388. The molecule has 30 heavy (non-hydrogen) atoms. The first-order chi connectivity index (χ1) is 14.1. The third-order valence-electron chi connectivity index (χ3n) is 3.60. The minimum Gasteiger partial charge on any atom is -0.467 e. The van der Waals surface area contributed by atoms with Gasteiger partial charge >= 0.3 is 18.0 Å². The van der Waals surface area contributed by atoms with E-state index in [1.165, 1.54) is 0 Å². The summed E-state index contributed by atoms with van der Waals surface area (Å²) < 4.78 is 14.7. The summed E-state index contributed by atoms with van der Waals surface area (Å²) >= 11 is 0. The van der Waals surface area contributed by atoms with Crippen molar-refractivity contribution < 1.29 is 38.5 Å². The van der Waals surface area contributed by atoms with Gasteiger partial charge in [0.25, 0.3) is 0 Å². The molecule has 1 rings (SSSR count). The van der Waals surface area contributed by atoms with Crippen LogP contribution in [0.3, 0.4) is 0 Å². The maximum atomic E-state index is 12.4. The molecule has 0 aromatic heterocycles. The number of rotatable bonds is 9. The zero-order chi connectivity index (χ0) is 22.7. The molecule has 2 amide bonds. The van der Waals surface area contributed by atoms with Crippen LogP contribution in [-0.4, -0.2) is 60.4 Å². The first-order valence-corrected chi connectivity index (χ1v) is 9.24. The Labute approximate surface area is 174 Å². The average Bonchev–Trinajstić information content (AvgIpc) is 2.68. The number of ether oxygens (including phenoxy) is 3. The highest BCUT2D eigenvalue weighted by Crippen LogP contribution is 2.10. The zero-order valence-electron chi connectivity index (χ0n) is 17.5. The van der Waals surface area contributed by atoms with Gasteiger partial charge in [0.15, 0.2) is 0 Å². The van der Waals surface area contributed by atoms with E-state index in [2.05, 4.69) is 15.4 Å². The minimum atomic E-state index is -1.40. The predicted octanol–water partition coefficient (Wildman–Crippen LogP) is 0.663. The van der Waals surface area contributed by atoms with Gasteiger partial charge < -0.3 is 30.0 Å². The topological polar surface area (TPSA) is 140 Å². The van der Waals surface area contributed by atoms with Crippen molar-refractivity contribution in [2.24, 2.45) is 0 Å². The molecule has 1 aromatic rings. The lowest BCUT2D eigenvalue weighted by Crippen LogP contribution is -2.54. The largest absolute Gasteiger partial charge is 0.467 e. The Kier molecular flexibility index (Phi) is 9.76. The molecule has 0 aliphatic carbocycles. The molecule has 0 saturated carbocycles. The van der Waals surface area contributed by atoms with Gasteiger partial charge in [-0.1, -0.05) is 30.3 Å². The molecule has 0 spiro atoms. The number of carbonyl (C=O) groups is 4. The summed E-state index contributed by atoms with van der Waals surface area (Å²) in [6, 6.07) is 6.11. The molecule has 0 fully saturated rings. The molecule has 0 heterocycles. The van der Waals surface area contributed by atoms with Crippen molar-refractivity contribution in [3.63, 3.8) is 0 Å². The number of aliphatic hydroxyl groups is 1. The highest BCUT2D eigenvalue weighted by molar-refractivity contribution is 5.91. The summed E-state index contributed by atoms with van der Waals surface area (Å²) in [5.74, 6) is -2.50. The fraction of sp³-hybridized carbons (Fsp3) is 0.500. The molecular formula is C20H28N2O8. The third kappa shape index (κ3) is 9.37. The lowest BCUT2D eigenvalue weighted by molar-refractivity contribution is -0.159. The maximum Gasteiger partial charge on any atom is 0.408 e. The second kappa shape index (κ2) is 11.8. The molecule has 0 aliphatic rings. The monoisotopic (exact) mass is 424 g/mol. The highest BCUT2D eigenvalue weighted by atomic mass is 16.6. The van der Waals surface area contributed by atoms with Gasteiger partial charge in [0, 0.05) is 0 Å². The Morgan fingerprint density at radius 2 is 1.67 bits per heavy atom. The minimum absolute atomic E-state index is 0.0319. The van der Waals surface area contributed by atoms with Crippen LogP contribution in [0.2, 0.25) is 0 Å². The molecule has 0 saturated heterocycles. The Morgan fingerprint density at radius 3 is 2.20 bits per heavy atom. The number of aliphatic hydroxyl groups excluding tert-OH is 1. The summed E-state index contributed by atoms with van der Waals surface area (Å²) in [4.78, 5) is 48.2. The second-order valence-electron chi connectivity index (χ2n) is 7.32. The molecule has 0 radical (unpaired) electrons. The van der Waals surface area contributed by atoms with Crippen LogP contribution < -0.4 is 10.6 Å². The summed E-state index contributed by atoms with van der Waals surface area (Å²) in [6.07, 6.45) is -1.42. The van der Waals surface area contributed by atoms with Crippen LogP contribution in [0.15, 0.2) is 30.3 Å². The fourth-order valence-electron chi connectivity index (χ4n) is 2.26. The number of hydrogen-bond donors (Lipinski definition) is 3. The Morgan fingerprint density at radius 1 is 1.03 bits per heavy atom. The first-order valence-electron chi connectivity index (χ1n) is 9.24. The molecule has 1 aromatic carbocycles. The number of carbonyl (C=O) groups excluding carboxylic acids is 4. The molecule has 2 atom stereocenters. The fourth-order valence-corrected chi connectivity index (χ4v) is 2.26. The standard InChI is InChI=1S/C20H28N2O8/c1-20(2,3)30-16(24)10-14(18(26)28-4)21-17(25)15(11-23)22-19(27)29-12-13-8-6-5-7-9-13/h5-9,14-15,23H,10-12H2,1-4H3,(H,21,25)(H,22,27)/t14-,15-/m0/s1. The van der Waals surface area contributed by atoms with E-state index < -0.39 is 54.7 Å². The lowest BCUT2D eigenvalue weighted by atomic mass is 10.1. The van der Waals surface area contributed by atoms with Crippen LogP contribution in [0.1, 0.15) is 32.8 Å². The number of methoxy groups -OCH3 is 1. The van der Waals surface area contributed by atoms with Crippen LogP contribution in [0.4, 0.5) is 4.79 Å². The van der Waals surface area contributed by atoms with Crippen molar-refractivity contribution in [2.45, 2.75) is 51.5 Å². The van der Waals surface area contributed by atoms with Gasteiger partial charge in [0.05, 0.1) is 20.1 Å². The van der Waals surface area contributed by atoms with Gasteiger partial charge in [-0.2, -0.15) is 0 Å². The van der Waals surface area contributed by atoms with Crippen molar-refractivity contribution in [1.82, 2.24) is 10.6 Å². The van der Waals surface area contributed by atoms with Gasteiger partial charge in [0.2, 0.25) is 5.91 Å². The van der Waals surface area contributed by atoms with E-state index in [4.69, 9.17) is 9.47 Å². The van der Waals surface area contributed by atoms with Crippen LogP contribution in [0.5, 0.6) is 0 Å². The molecule has 10 nitrogen and oxygen atoms in total. The van der Waals surface area contributed by atoms with E-state index >= 15 is 0 Å². The molecule has 3 N–H and O–H groups in total. The normalized spacial score (nSPS) is 12.8. The number of nitrogens with one attached hydrogen (secondary N) is 2. The van der Waals surface area contributed by atoms with Crippen LogP contribution in [0, 0.1) is 0 Å². The summed E-state index contributed by atoms with van der Waals surface area (Å²) in [6.45, 7) is 4.18. The van der Waals surface area contributed by atoms with Gasteiger partial charge in [0.1, 0.15) is 24.3 Å². The Hall–Kier alpha value is -3.14. The summed E-state index contributed by atoms with van der Waals surface area (Å²) in [5, 5.41) is 13.9. The van der Waals surface area contributed by atoms with Crippen molar-refractivity contribution in [3.05, 3.63) is 35.9 Å². The smallest absolute Gasteiger partial charge is 0.408 e.